The Bertz CT molecular complexity index is 540. The summed E-state index contributed by atoms with van der Waals surface area (Å²) in [5.41, 5.74) is -0.282. The van der Waals surface area contributed by atoms with Crippen LogP contribution in [-0.4, -0.2) is 47.0 Å². The average molecular weight is 283 g/mol. The first-order chi connectivity index (χ1) is 9.45. The Morgan fingerprint density at radius 2 is 2.20 bits per heavy atom. The van der Waals surface area contributed by atoms with Crippen LogP contribution in [0.1, 0.15) is 17.4 Å². The van der Waals surface area contributed by atoms with E-state index in [0.29, 0.717) is 6.61 Å². The van der Waals surface area contributed by atoms with Crippen LogP contribution in [0.3, 0.4) is 0 Å². The van der Waals surface area contributed by atoms with Crippen LogP contribution in [0.2, 0.25) is 0 Å². The Labute approximate surface area is 115 Å². The van der Waals surface area contributed by atoms with E-state index in [2.05, 4.69) is 10.4 Å². The van der Waals surface area contributed by atoms with E-state index in [-0.39, 0.29) is 24.3 Å². The molecule has 8 nitrogen and oxygen atoms in total. The van der Waals surface area contributed by atoms with Crippen molar-refractivity contribution >= 4 is 11.9 Å². The fraction of sp³-hybridized carbons (Fsp3) is 0.500. The molecular formula is C12H17N3O5. The third-order valence-corrected chi connectivity index (χ3v) is 2.60. The van der Waals surface area contributed by atoms with Crippen LogP contribution in [0.25, 0.3) is 0 Å². The number of carbonyl (C=O) groups is 2. The molecule has 1 unspecified atom stereocenters. The molecular weight excluding hydrogens is 266 g/mol. The van der Waals surface area contributed by atoms with Gasteiger partial charge in [-0.05, 0) is 6.07 Å². The van der Waals surface area contributed by atoms with Gasteiger partial charge in [-0.1, -0.05) is 6.92 Å². The van der Waals surface area contributed by atoms with Gasteiger partial charge < -0.3 is 15.2 Å². The highest BCUT2D eigenvalue weighted by atomic mass is 16.5. The van der Waals surface area contributed by atoms with E-state index in [1.165, 1.54) is 26.2 Å². The number of hydrogen-bond donors (Lipinski definition) is 2. The third-order valence-electron chi connectivity index (χ3n) is 2.60. The lowest BCUT2D eigenvalue weighted by atomic mass is 10.2. The molecule has 0 radical (unpaired) electrons. The van der Waals surface area contributed by atoms with E-state index in [9.17, 15) is 14.4 Å². The molecule has 0 aliphatic heterocycles. The van der Waals surface area contributed by atoms with Gasteiger partial charge in [0.05, 0.1) is 19.1 Å². The quantitative estimate of drug-likeness (QED) is 0.687. The molecule has 110 valence electrons. The van der Waals surface area contributed by atoms with Crippen molar-refractivity contribution in [1.82, 2.24) is 15.1 Å². The summed E-state index contributed by atoms with van der Waals surface area (Å²) >= 11 is 0. The molecule has 1 aromatic heterocycles. The van der Waals surface area contributed by atoms with E-state index in [4.69, 9.17) is 9.84 Å². The molecule has 0 aliphatic carbocycles. The number of carboxylic acids is 1. The third kappa shape index (κ3) is 4.47. The second-order valence-electron chi connectivity index (χ2n) is 4.22. The first kappa shape index (κ1) is 15.8. The summed E-state index contributed by atoms with van der Waals surface area (Å²) in [7, 11) is 1.49. The maximum atomic E-state index is 11.8. The minimum Gasteiger partial charge on any atom is -0.481 e. The van der Waals surface area contributed by atoms with Gasteiger partial charge in [-0.3, -0.25) is 14.4 Å². The van der Waals surface area contributed by atoms with E-state index < -0.39 is 17.8 Å². The first-order valence-electron chi connectivity index (χ1n) is 6.03. The number of aromatic nitrogens is 2. The van der Waals surface area contributed by atoms with Gasteiger partial charge in [0.1, 0.15) is 5.69 Å². The van der Waals surface area contributed by atoms with Crippen molar-refractivity contribution in [3.63, 3.8) is 0 Å². The van der Waals surface area contributed by atoms with Crippen LogP contribution in [0.4, 0.5) is 0 Å². The SMILES string of the molecule is COCCn1nc(C(=O)NCC(C)C(=O)O)ccc1=O. The van der Waals surface area contributed by atoms with Gasteiger partial charge in [0, 0.05) is 19.7 Å². The lowest BCUT2D eigenvalue weighted by Gasteiger charge is -2.09. The highest BCUT2D eigenvalue weighted by Gasteiger charge is 2.14. The number of ether oxygens (including phenoxy) is 1. The number of amides is 1. The molecule has 2 N–H and O–H groups in total. The zero-order valence-corrected chi connectivity index (χ0v) is 11.3. The van der Waals surface area contributed by atoms with Crippen LogP contribution >= 0.6 is 0 Å². The number of nitrogens with zero attached hydrogens (tertiary/aromatic N) is 2. The lowest BCUT2D eigenvalue weighted by molar-refractivity contribution is -0.140. The van der Waals surface area contributed by atoms with E-state index in [0.717, 1.165) is 4.68 Å². The summed E-state index contributed by atoms with van der Waals surface area (Å²) in [6, 6.07) is 2.53. The number of rotatable bonds is 7. The molecule has 1 aromatic rings. The number of nitrogens with one attached hydrogen (secondary N) is 1. The maximum Gasteiger partial charge on any atom is 0.308 e. The Morgan fingerprint density at radius 3 is 2.80 bits per heavy atom. The summed E-state index contributed by atoms with van der Waals surface area (Å²) < 4.78 is 5.96. The van der Waals surface area contributed by atoms with E-state index in [1.807, 2.05) is 0 Å². The van der Waals surface area contributed by atoms with Crippen LogP contribution in [-0.2, 0) is 16.1 Å². The van der Waals surface area contributed by atoms with Gasteiger partial charge in [0.25, 0.3) is 11.5 Å². The van der Waals surface area contributed by atoms with Crippen molar-refractivity contribution in [2.45, 2.75) is 13.5 Å². The minimum atomic E-state index is -0.997. The molecule has 0 spiro atoms. The predicted octanol–water partition coefficient (Wildman–Crippen LogP) is -0.660. The summed E-state index contributed by atoms with van der Waals surface area (Å²) in [6.45, 7) is 2.01. The fourth-order valence-electron chi connectivity index (χ4n) is 1.33. The number of hydrogen-bond acceptors (Lipinski definition) is 5. The molecule has 1 heterocycles. The van der Waals surface area contributed by atoms with Gasteiger partial charge >= 0.3 is 5.97 Å². The largest absolute Gasteiger partial charge is 0.481 e. The van der Waals surface area contributed by atoms with Crippen molar-refractivity contribution < 1.29 is 19.4 Å². The van der Waals surface area contributed by atoms with Crippen molar-refractivity contribution in [3.05, 3.63) is 28.2 Å². The van der Waals surface area contributed by atoms with Crippen LogP contribution in [0.5, 0.6) is 0 Å². The molecule has 0 saturated heterocycles. The highest BCUT2D eigenvalue weighted by molar-refractivity contribution is 5.92. The molecule has 0 saturated carbocycles. The van der Waals surface area contributed by atoms with Crippen LogP contribution in [0.15, 0.2) is 16.9 Å². The molecule has 0 aromatic carbocycles. The normalized spacial score (nSPS) is 11.9. The Balaban J connectivity index is 2.73. The van der Waals surface area contributed by atoms with E-state index >= 15 is 0 Å². The zero-order chi connectivity index (χ0) is 15.1. The van der Waals surface area contributed by atoms with Gasteiger partial charge in [-0.25, -0.2) is 4.68 Å². The average Bonchev–Trinajstić information content (AvgIpc) is 2.43. The molecule has 20 heavy (non-hydrogen) atoms. The summed E-state index contributed by atoms with van der Waals surface area (Å²) in [5, 5.41) is 15.1. The summed E-state index contributed by atoms with van der Waals surface area (Å²) in [6.07, 6.45) is 0. The van der Waals surface area contributed by atoms with Crippen LogP contribution < -0.4 is 10.9 Å². The number of aliphatic carboxylic acids is 1. The van der Waals surface area contributed by atoms with Crippen LogP contribution in [0, 0.1) is 5.92 Å². The van der Waals surface area contributed by atoms with E-state index in [1.54, 1.807) is 0 Å². The summed E-state index contributed by atoms with van der Waals surface area (Å²) in [5.74, 6) is -2.22. The first-order valence-corrected chi connectivity index (χ1v) is 6.03. The summed E-state index contributed by atoms with van der Waals surface area (Å²) in [4.78, 5) is 33.9. The fourth-order valence-corrected chi connectivity index (χ4v) is 1.33. The lowest BCUT2D eigenvalue weighted by Crippen LogP contribution is -2.34. The Kier molecular flexibility index (Phi) is 5.85. The Morgan fingerprint density at radius 1 is 1.50 bits per heavy atom. The van der Waals surface area contributed by atoms with Crippen molar-refractivity contribution in [2.24, 2.45) is 5.92 Å². The topological polar surface area (TPSA) is 111 Å². The number of carbonyl (C=O) groups excluding carboxylic acids is 1. The molecule has 0 aliphatic rings. The minimum absolute atomic E-state index is 0.00690. The van der Waals surface area contributed by atoms with Gasteiger partial charge in [0.2, 0.25) is 0 Å². The zero-order valence-electron chi connectivity index (χ0n) is 11.3. The molecule has 1 atom stereocenters. The number of carboxylic acid groups (broad SMARTS) is 1. The van der Waals surface area contributed by atoms with Gasteiger partial charge in [-0.15, -0.1) is 0 Å². The predicted molar refractivity (Wildman–Crippen MR) is 69.5 cm³/mol. The Hall–Kier alpha value is -2.22. The monoisotopic (exact) mass is 283 g/mol. The maximum absolute atomic E-state index is 11.8. The van der Waals surface area contributed by atoms with Crippen molar-refractivity contribution in [1.29, 1.82) is 0 Å². The highest BCUT2D eigenvalue weighted by Crippen LogP contribution is 1.95. The molecule has 1 amide bonds. The standard InChI is InChI=1S/C12H17N3O5/c1-8(12(18)19)7-13-11(17)9-3-4-10(16)15(14-9)5-6-20-2/h3-4,8H,5-7H2,1-2H3,(H,13,17)(H,18,19). The number of methoxy groups -OCH3 is 1. The van der Waals surface area contributed by atoms with Crippen molar-refractivity contribution in [3.8, 4) is 0 Å². The smallest absolute Gasteiger partial charge is 0.308 e. The molecule has 0 fully saturated rings. The second kappa shape index (κ2) is 7.39. The molecule has 8 heteroatoms. The van der Waals surface area contributed by atoms with Gasteiger partial charge in [0.15, 0.2) is 0 Å². The molecule has 0 bridgehead atoms. The molecule has 1 rings (SSSR count). The van der Waals surface area contributed by atoms with Crippen molar-refractivity contribution in [2.75, 3.05) is 20.3 Å². The second-order valence-corrected chi connectivity index (χ2v) is 4.22. The van der Waals surface area contributed by atoms with Gasteiger partial charge in [-0.2, -0.15) is 5.10 Å².